The van der Waals surface area contributed by atoms with E-state index in [1.807, 2.05) is 0 Å². The summed E-state index contributed by atoms with van der Waals surface area (Å²) in [5.41, 5.74) is 6.06. The van der Waals surface area contributed by atoms with Crippen LogP contribution in [0.2, 0.25) is 0 Å². The number of aryl methyl sites for hydroxylation is 1. The van der Waals surface area contributed by atoms with Gasteiger partial charge in [-0.2, -0.15) is 0 Å². The molecule has 0 saturated carbocycles. The van der Waals surface area contributed by atoms with Crippen LogP contribution in [0.25, 0.3) is 0 Å². The van der Waals surface area contributed by atoms with E-state index < -0.39 is 0 Å². The molecule has 4 rings (SSSR count). The Morgan fingerprint density at radius 2 is 1.35 bits per heavy atom. The summed E-state index contributed by atoms with van der Waals surface area (Å²) in [6, 6.07) is 8.28. The first kappa shape index (κ1) is 14.4. The molecule has 0 radical (unpaired) electrons. The molecule has 1 heterocycles. The van der Waals surface area contributed by atoms with Gasteiger partial charge in [0.1, 0.15) is 0 Å². The highest BCUT2D eigenvalue weighted by molar-refractivity contribution is 6.06. The third-order valence-corrected chi connectivity index (χ3v) is 5.20. The second kappa shape index (κ2) is 5.48. The van der Waals surface area contributed by atoms with Crippen LogP contribution in [-0.2, 0) is 9.59 Å². The number of allylic oxidation sites excluding steroid dienone is 4. The number of carbonyl (C=O) groups is 2. The van der Waals surface area contributed by atoms with Gasteiger partial charge in [-0.3, -0.25) is 9.59 Å². The molecule has 0 amide bonds. The Labute approximate surface area is 136 Å². The molecule has 1 aromatic carbocycles. The van der Waals surface area contributed by atoms with Crippen molar-refractivity contribution in [2.45, 2.75) is 51.4 Å². The maximum atomic E-state index is 12.6. The van der Waals surface area contributed by atoms with Gasteiger partial charge in [-0.25, -0.2) is 0 Å². The fraction of sp³-hybridized carbons (Fsp3) is 0.400. The summed E-state index contributed by atoms with van der Waals surface area (Å²) < 4.78 is 0. The second-order valence-electron chi connectivity index (χ2n) is 6.81. The topological polar surface area (TPSA) is 46.2 Å². The van der Waals surface area contributed by atoms with E-state index in [2.05, 4.69) is 36.5 Å². The van der Waals surface area contributed by atoms with Crippen molar-refractivity contribution in [3.63, 3.8) is 0 Å². The highest BCUT2D eigenvalue weighted by Crippen LogP contribution is 2.45. The number of benzene rings is 1. The number of rotatable bonds is 1. The first-order valence-electron chi connectivity index (χ1n) is 8.51. The predicted octanol–water partition coefficient (Wildman–Crippen LogP) is 3.70. The summed E-state index contributed by atoms with van der Waals surface area (Å²) in [6.07, 6.45) is 4.83. The van der Waals surface area contributed by atoms with Gasteiger partial charge in [0.05, 0.1) is 0 Å². The molecule has 2 aliphatic carbocycles. The van der Waals surface area contributed by atoms with Gasteiger partial charge in [-0.1, -0.05) is 29.8 Å². The van der Waals surface area contributed by atoms with E-state index in [4.69, 9.17) is 0 Å². The lowest BCUT2D eigenvalue weighted by molar-refractivity contribution is -0.116. The van der Waals surface area contributed by atoms with Gasteiger partial charge in [-0.15, -0.1) is 0 Å². The maximum absolute atomic E-state index is 12.6. The molecule has 0 bridgehead atoms. The normalized spacial score (nSPS) is 22.0. The van der Waals surface area contributed by atoms with Crippen molar-refractivity contribution in [1.29, 1.82) is 0 Å². The minimum Gasteiger partial charge on any atom is -0.362 e. The number of nitrogens with one attached hydrogen (secondary N) is 1. The van der Waals surface area contributed by atoms with Crippen LogP contribution in [0.5, 0.6) is 0 Å². The Balaban J connectivity index is 1.90. The third-order valence-electron chi connectivity index (χ3n) is 5.20. The highest BCUT2D eigenvalue weighted by Gasteiger charge is 2.39. The van der Waals surface area contributed by atoms with Crippen LogP contribution in [0, 0.1) is 6.92 Å². The van der Waals surface area contributed by atoms with Crippen LogP contribution in [0.4, 0.5) is 0 Å². The largest absolute Gasteiger partial charge is 0.362 e. The first-order valence-corrected chi connectivity index (χ1v) is 8.51. The summed E-state index contributed by atoms with van der Waals surface area (Å²) in [5, 5.41) is 3.45. The van der Waals surface area contributed by atoms with Crippen molar-refractivity contribution in [2.75, 3.05) is 0 Å². The number of carbonyl (C=O) groups excluding carboxylic acids is 2. The zero-order valence-electron chi connectivity index (χ0n) is 13.4. The Morgan fingerprint density at radius 3 is 1.87 bits per heavy atom. The van der Waals surface area contributed by atoms with Crippen molar-refractivity contribution in [1.82, 2.24) is 5.32 Å². The molecule has 3 aliphatic rings. The van der Waals surface area contributed by atoms with Crippen LogP contribution < -0.4 is 5.32 Å². The molecule has 1 N–H and O–H groups in total. The van der Waals surface area contributed by atoms with Crippen molar-refractivity contribution >= 4 is 11.6 Å². The van der Waals surface area contributed by atoms with Gasteiger partial charge in [0.15, 0.2) is 11.6 Å². The number of hydrogen-bond donors (Lipinski definition) is 1. The quantitative estimate of drug-likeness (QED) is 0.860. The molecule has 1 aromatic rings. The number of hydrogen-bond acceptors (Lipinski definition) is 3. The smallest absolute Gasteiger partial charge is 0.161 e. The molecular weight excluding hydrogens is 286 g/mol. The summed E-state index contributed by atoms with van der Waals surface area (Å²) in [7, 11) is 0. The van der Waals surface area contributed by atoms with E-state index in [-0.39, 0.29) is 17.5 Å². The number of ketones is 2. The standard InChI is InChI=1S/C20H21NO2/c1-12-8-10-13(11-9-12)18-19-14(4-2-6-16(19)22)21-15-5-3-7-17(23)20(15)18/h8-11,18,21H,2-7H2,1H3. The van der Waals surface area contributed by atoms with Gasteiger partial charge < -0.3 is 5.32 Å². The summed E-state index contributed by atoms with van der Waals surface area (Å²) in [6.45, 7) is 2.05. The van der Waals surface area contributed by atoms with Crippen molar-refractivity contribution in [3.05, 3.63) is 57.9 Å². The van der Waals surface area contributed by atoms with Crippen molar-refractivity contribution in [2.24, 2.45) is 0 Å². The summed E-state index contributed by atoms with van der Waals surface area (Å²) in [5.74, 6) is 0.242. The Morgan fingerprint density at radius 1 is 0.826 bits per heavy atom. The van der Waals surface area contributed by atoms with E-state index in [0.717, 1.165) is 53.8 Å². The summed E-state index contributed by atoms with van der Waals surface area (Å²) in [4.78, 5) is 25.3. The van der Waals surface area contributed by atoms with Crippen LogP contribution in [-0.4, -0.2) is 11.6 Å². The van der Waals surface area contributed by atoms with Crippen molar-refractivity contribution in [3.8, 4) is 0 Å². The molecule has 23 heavy (non-hydrogen) atoms. The fourth-order valence-corrected chi connectivity index (χ4v) is 4.08. The van der Waals surface area contributed by atoms with E-state index in [1.54, 1.807) is 0 Å². The first-order chi connectivity index (χ1) is 11.1. The van der Waals surface area contributed by atoms with Crippen LogP contribution in [0.3, 0.4) is 0 Å². The third kappa shape index (κ3) is 2.35. The second-order valence-corrected chi connectivity index (χ2v) is 6.81. The van der Waals surface area contributed by atoms with E-state index in [0.29, 0.717) is 12.8 Å². The zero-order chi connectivity index (χ0) is 16.0. The molecule has 3 heteroatoms. The van der Waals surface area contributed by atoms with Crippen LogP contribution >= 0.6 is 0 Å². The zero-order valence-corrected chi connectivity index (χ0v) is 13.4. The minimum absolute atomic E-state index is 0.164. The molecule has 0 spiro atoms. The van der Waals surface area contributed by atoms with E-state index >= 15 is 0 Å². The molecule has 118 valence electrons. The molecular formula is C20H21NO2. The lowest BCUT2D eigenvalue weighted by atomic mass is 9.71. The van der Waals surface area contributed by atoms with Crippen LogP contribution in [0.15, 0.2) is 46.8 Å². The van der Waals surface area contributed by atoms with Gasteiger partial charge in [0.25, 0.3) is 0 Å². The molecule has 0 aromatic heterocycles. The Bertz CT molecular complexity index is 710. The van der Waals surface area contributed by atoms with Gasteiger partial charge in [-0.05, 0) is 38.2 Å². The lowest BCUT2D eigenvalue weighted by Crippen LogP contribution is -2.36. The lowest BCUT2D eigenvalue weighted by Gasteiger charge is -2.37. The number of dihydropyridines is 1. The van der Waals surface area contributed by atoms with Crippen LogP contribution in [0.1, 0.15) is 55.6 Å². The summed E-state index contributed by atoms with van der Waals surface area (Å²) >= 11 is 0. The maximum Gasteiger partial charge on any atom is 0.161 e. The predicted molar refractivity (Wildman–Crippen MR) is 88.8 cm³/mol. The van der Waals surface area contributed by atoms with Gasteiger partial charge in [0.2, 0.25) is 0 Å². The molecule has 0 atom stereocenters. The molecule has 0 saturated heterocycles. The fourth-order valence-electron chi connectivity index (χ4n) is 4.08. The SMILES string of the molecule is Cc1ccc(C2C3=C(CCCC3=O)NC3=C2C(=O)CCC3)cc1. The Kier molecular flexibility index (Phi) is 3.44. The van der Waals surface area contributed by atoms with E-state index in [9.17, 15) is 9.59 Å². The molecule has 0 fully saturated rings. The van der Waals surface area contributed by atoms with Gasteiger partial charge in [0, 0.05) is 41.3 Å². The highest BCUT2D eigenvalue weighted by atomic mass is 16.1. The monoisotopic (exact) mass is 307 g/mol. The van der Waals surface area contributed by atoms with Crippen molar-refractivity contribution < 1.29 is 9.59 Å². The molecule has 3 nitrogen and oxygen atoms in total. The Hall–Kier alpha value is -2.16. The van der Waals surface area contributed by atoms with E-state index in [1.165, 1.54) is 5.56 Å². The molecule has 0 unspecified atom stereocenters. The minimum atomic E-state index is -0.164. The average molecular weight is 307 g/mol. The molecule has 1 aliphatic heterocycles. The van der Waals surface area contributed by atoms with Gasteiger partial charge >= 0.3 is 0 Å². The number of Topliss-reactive ketones (excluding diaryl/α,β-unsaturated/α-hetero) is 2. The average Bonchev–Trinajstić information content (AvgIpc) is 2.54.